The number of nitrogens with zero attached hydrogens (tertiary/aromatic N) is 1. The van der Waals surface area contributed by atoms with Crippen LogP contribution in [0.5, 0.6) is 0 Å². The monoisotopic (exact) mass is 235 g/mol. The summed E-state index contributed by atoms with van der Waals surface area (Å²) < 4.78 is 0. The Morgan fingerprint density at radius 3 is 2.00 bits per heavy atom. The molecule has 1 aliphatic carbocycles. The highest BCUT2D eigenvalue weighted by Gasteiger charge is 2.16. The molecule has 0 amide bonds. The first-order valence-electron chi connectivity index (χ1n) is 6.49. The van der Waals surface area contributed by atoms with Crippen LogP contribution in [-0.2, 0) is 6.54 Å². The Morgan fingerprint density at radius 1 is 0.833 bits per heavy atom. The largest absolute Gasteiger partial charge is 0.341 e. The Balaban J connectivity index is 1.87. The van der Waals surface area contributed by atoms with Gasteiger partial charge in [0.05, 0.1) is 0 Å². The third-order valence-electron chi connectivity index (χ3n) is 3.38. The number of benzene rings is 2. The second kappa shape index (κ2) is 5.09. The minimum absolute atomic E-state index is 0.955. The maximum atomic E-state index is 2.42. The standard InChI is InChI=1S/C17H17N/c1-3-8-15(9-4-1)14-18(17-12-7-13-17)16-10-5-2-6-11-16/h1-6,8-12H,7,13-14H2. The van der Waals surface area contributed by atoms with Gasteiger partial charge in [-0.2, -0.15) is 0 Å². The normalized spacial score (nSPS) is 13.7. The summed E-state index contributed by atoms with van der Waals surface area (Å²) >= 11 is 0. The number of hydrogen-bond donors (Lipinski definition) is 0. The summed E-state index contributed by atoms with van der Waals surface area (Å²) in [5, 5.41) is 0. The van der Waals surface area contributed by atoms with Gasteiger partial charge < -0.3 is 4.90 Å². The lowest BCUT2D eigenvalue weighted by atomic mass is 10.0. The topological polar surface area (TPSA) is 3.24 Å². The van der Waals surface area contributed by atoms with Crippen molar-refractivity contribution in [1.29, 1.82) is 0 Å². The van der Waals surface area contributed by atoms with Gasteiger partial charge in [-0.15, -0.1) is 0 Å². The third-order valence-corrected chi connectivity index (χ3v) is 3.38. The Morgan fingerprint density at radius 2 is 1.44 bits per heavy atom. The molecule has 0 unspecified atom stereocenters. The van der Waals surface area contributed by atoms with Gasteiger partial charge >= 0.3 is 0 Å². The van der Waals surface area contributed by atoms with E-state index in [4.69, 9.17) is 0 Å². The lowest BCUT2D eigenvalue weighted by Gasteiger charge is -2.31. The Bertz CT molecular complexity index is 528. The van der Waals surface area contributed by atoms with Crippen molar-refractivity contribution in [1.82, 2.24) is 0 Å². The molecule has 2 aromatic carbocycles. The van der Waals surface area contributed by atoms with E-state index in [0.29, 0.717) is 0 Å². The molecule has 0 atom stereocenters. The van der Waals surface area contributed by atoms with Crippen molar-refractivity contribution < 1.29 is 0 Å². The average Bonchev–Trinajstić information content (AvgIpc) is 2.38. The fourth-order valence-corrected chi connectivity index (χ4v) is 2.25. The van der Waals surface area contributed by atoms with Crippen LogP contribution in [0.2, 0.25) is 0 Å². The summed E-state index contributed by atoms with van der Waals surface area (Å²) in [6.07, 6.45) is 4.74. The second-order valence-corrected chi connectivity index (χ2v) is 4.64. The van der Waals surface area contributed by atoms with Gasteiger partial charge in [0.15, 0.2) is 0 Å². The smallest absolute Gasteiger partial charge is 0.0478 e. The van der Waals surface area contributed by atoms with E-state index < -0.39 is 0 Å². The van der Waals surface area contributed by atoms with Crippen molar-refractivity contribution in [2.24, 2.45) is 0 Å². The molecule has 90 valence electrons. The van der Waals surface area contributed by atoms with Crippen LogP contribution >= 0.6 is 0 Å². The van der Waals surface area contributed by atoms with Gasteiger partial charge in [-0.1, -0.05) is 54.6 Å². The Labute approximate surface area is 108 Å². The van der Waals surface area contributed by atoms with E-state index in [9.17, 15) is 0 Å². The number of rotatable bonds is 4. The first-order chi connectivity index (χ1) is 8.93. The van der Waals surface area contributed by atoms with Crippen molar-refractivity contribution in [2.75, 3.05) is 4.90 Å². The van der Waals surface area contributed by atoms with Crippen LogP contribution in [-0.4, -0.2) is 0 Å². The van der Waals surface area contributed by atoms with Crippen LogP contribution in [0.25, 0.3) is 0 Å². The highest BCUT2D eigenvalue weighted by atomic mass is 15.1. The first-order valence-corrected chi connectivity index (χ1v) is 6.49. The predicted molar refractivity (Wildman–Crippen MR) is 76.4 cm³/mol. The number of allylic oxidation sites excluding steroid dienone is 2. The van der Waals surface area contributed by atoms with Crippen LogP contribution in [0.15, 0.2) is 72.4 Å². The lowest BCUT2D eigenvalue weighted by Crippen LogP contribution is -2.24. The molecule has 18 heavy (non-hydrogen) atoms. The lowest BCUT2D eigenvalue weighted by molar-refractivity contribution is 0.766. The molecule has 1 nitrogen and oxygen atoms in total. The molecule has 0 saturated heterocycles. The quantitative estimate of drug-likeness (QED) is 0.760. The van der Waals surface area contributed by atoms with Gasteiger partial charge in [-0.05, 0) is 30.5 Å². The van der Waals surface area contributed by atoms with Crippen LogP contribution in [0.1, 0.15) is 18.4 Å². The van der Waals surface area contributed by atoms with E-state index in [1.165, 1.54) is 29.8 Å². The summed E-state index contributed by atoms with van der Waals surface area (Å²) in [4.78, 5) is 2.42. The highest BCUT2D eigenvalue weighted by molar-refractivity contribution is 5.53. The predicted octanol–water partition coefficient (Wildman–Crippen LogP) is 4.37. The van der Waals surface area contributed by atoms with Crippen LogP contribution in [0.3, 0.4) is 0 Å². The fraction of sp³-hybridized carbons (Fsp3) is 0.176. The third kappa shape index (κ3) is 2.30. The fourth-order valence-electron chi connectivity index (χ4n) is 2.25. The van der Waals surface area contributed by atoms with Crippen molar-refractivity contribution in [3.8, 4) is 0 Å². The summed E-state index contributed by atoms with van der Waals surface area (Å²) in [5.41, 5.74) is 4.09. The maximum absolute atomic E-state index is 2.42. The summed E-state index contributed by atoms with van der Waals surface area (Å²) in [5.74, 6) is 0. The minimum atomic E-state index is 0.955. The van der Waals surface area contributed by atoms with E-state index in [2.05, 4.69) is 71.6 Å². The molecule has 0 heterocycles. The molecule has 3 rings (SSSR count). The molecule has 0 aliphatic heterocycles. The minimum Gasteiger partial charge on any atom is -0.341 e. The molecule has 0 saturated carbocycles. The van der Waals surface area contributed by atoms with Crippen LogP contribution in [0.4, 0.5) is 5.69 Å². The molecule has 0 spiro atoms. The Kier molecular flexibility index (Phi) is 3.14. The molecular formula is C17H17N. The first kappa shape index (κ1) is 11.1. The average molecular weight is 235 g/mol. The molecule has 0 radical (unpaired) electrons. The van der Waals surface area contributed by atoms with Gasteiger partial charge in [-0.3, -0.25) is 0 Å². The molecule has 0 bridgehead atoms. The van der Waals surface area contributed by atoms with Crippen molar-refractivity contribution in [3.05, 3.63) is 78.0 Å². The number of anilines is 1. The van der Waals surface area contributed by atoms with Crippen molar-refractivity contribution in [2.45, 2.75) is 19.4 Å². The SMILES string of the molecule is C1=C(N(Cc2ccccc2)c2ccccc2)CC1. The zero-order chi connectivity index (χ0) is 12.2. The maximum Gasteiger partial charge on any atom is 0.0478 e. The van der Waals surface area contributed by atoms with Crippen LogP contribution < -0.4 is 4.90 Å². The second-order valence-electron chi connectivity index (χ2n) is 4.64. The molecule has 0 fully saturated rings. The molecule has 1 aliphatic rings. The molecule has 2 aromatic rings. The van der Waals surface area contributed by atoms with E-state index in [1.807, 2.05) is 0 Å². The molecular weight excluding hydrogens is 218 g/mol. The van der Waals surface area contributed by atoms with Gasteiger partial charge in [0.25, 0.3) is 0 Å². The highest BCUT2D eigenvalue weighted by Crippen LogP contribution is 2.29. The van der Waals surface area contributed by atoms with E-state index in [1.54, 1.807) is 0 Å². The summed E-state index contributed by atoms with van der Waals surface area (Å²) in [6.45, 7) is 0.955. The Hall–Kier alpha value is -2.02. The van der Waals surface area contributed by atoms with E-state index >= 15 is 0 Å². The van der Waals surface area contributed by atoms with E-state index in [0.717, 1.165) is 6.54 Å². The van der Waals surface area contributed by atoms with Gasteiger partial charge in [0, 0.05) is 17.9 Å². The van der Waals surface area contributed by atoms with Gasteiger partial charge in [0.1, 0.15) is 0 Å². The van der Waals surface area contributed by atoms with Crippen molar-refractivity contribution >= 4 is 5.69 Å². The van der Waals surface area contributed by atoms with Crippen molar-refractivity contribution in [3.63, 3.8) is 0 Å². The summed E-state index contributed by atoms with van der Waals surface area (Å²) in [6, 6.07) is 21.3. The van der Waals surface area contributed by atoms with Gasteiger partial charge in [-0.25, -0.2) is 0 Å². The number of hydrogen-bond acceptors (Lipinski definition) is 1. The molecule has 0 aromatic heterocycles. The molecule has 0 N–H and O–H groups in total. The zero-order valence-electron chi connectivity index (χ0n) is 10.4. The van der Waals surface area contributed by atoms with E-state index in [-0.39, 0.29) is 0 Å². The zero-order valence-corrected chi connectivity index (χ0v) is 10.4. The van der Waals surface area contributed by atoms with Gasteiger partial charge in [0.2, 0.25) is 0 Å². The summed E-state index contributed by atoms with van der Waals surface area (Å²) in [7, 11) is 0. The number of para-hydroxylation sites is 1. The molecule has 1 heteroatoms. The van der Waals surface area contributed by atoms with Crippen LogP contribution in [0, 0.1) is 0 Å².